The van der Waals surface area contributed by atoms with Crippen molar-refractivity contribution in [3.8, 4) is 0 Å². The van der Waals surface area contributed by atoms with Gasteiger partial charge in [-0.25, -0.2) is 4.98 Å². The fourth-order valence-corrected chi connectivity index (χ4v) is 2.78. The largest absolute Gasteiger partial charge is 0.326 e. The molecular formula is C10H17N3S. The van der Waals surface area contributed by atoms with Crippen LogP contribution in [0.15, 0.2) is 0 Å². The molecule has 3 nitrogen and oxygen atoms in total. The lowest BCUT2D eigenvalue weighted by atomic mass is 10.3. The maximum atomic E-state index is 5.86. The molecule has 1 saturated heterocycles. The monoisotopic (exact) mass is 211 g/mol. The molecule has 0 aliphatic carbocycles. The molecule has 1 aromatic heterocycles. The summed E-state index contributed by atoms with van der Waals surface area (Å²) >= 11 is 1.81. The number of likely N-dealkylation sites (tertiary alicyclic amines) is 1. The fourth-order valence-electron chi connectivity index (χ4n) is 1.80. The topological polar surface area (TPSA) is 42.2 Å². The number of thiazole rings is 1. The Morgan fingerprint density at radius 3 is 2.86 bits per heavy atom. The van der Waals surface area contributed by atoms with E-state index in [2.05, 4.69) is 23.7 Å². The number of nitrogens with two attached hydrogens (primary N) is 1. The zero-order valence-electron chi connectivity index (χ0n) is 8.79. The van der Waals surface area contributed by atoms with Crippen LogP contribution >= 0.6 is 11.3 Å². The van der Waals surface area contributed by atoms with E-state index in [1.807, 2.05) is 11.3 Å². The molecule has 2 N–H and O–H groups in total. The molecule has 0 amide bonds. The second-order valence-corrected chi connectivity index (χ2v) is 5.32. The summed E-state index contributed by atoms with van der Waals surface area (Å²) in [6.07, 6.45) is 1.13. The van der Waals surface area contributed by atoms with Crippen LogP contribution in [0, 0.1) is 13.8 Å². The Bertz CT molecular complexity index is 302. The summed E-state index contributed by atoms with van der Waals surface area (Å²) in [5, 5.41) is 1.23. The summed E-state index contributed by atoms with van der Waals surface area (Å²) in [5.41, 5.74) is 7.03. The Labute approximate surface area is 88.9 Å². The number of hydrogen-bond acceptors (Lipinski definition) is 4. The first-order valence-corrected chi connectivity index (χ1v) is 5.87. The highest BCUT2D eigenvalue weighted by molar-refractivity contribution is 7.11. The Hall–Kier alpha value is -0.450. The Kier molecular flexibility index (Phi) is 2.85. The molecule has 2 rings (SSSR count). The third kappa shape index (κ3) is 2.13. The molecule has 1 atom stereocenters. The zero-order valence-corrected chi connectivity index (χ0v) is 9.60. The second-order valence-electron chi connectivity index (χ2n) is 4.03. The van der Waals surface area contributed by atoms with E-state index in [0.29, 0.717) is 6.04 Å². The number of hydrogen-bond donors (Lipinski definition) is 1. The van der Waals surface area contributed by atoms with Gasteiger partial charge >= 0.3 is 0 Å². The number of aryl methyl sites for hydroxylation is 2. The van der Waals surface area contributed by atoms with Crippen molar-refractivity contribution in [3.05, 3.63) is 15.6 Å². The van der Waals surface area contributed by atoms with Gasteiger partial charge in [-0.3, -0.25) is 4.90 Å². The first-order chi connectivity index (χ1) is 6.65. The van der Waals surface area contributed by atoms with Crippen LogP contribution in [0.1, 0.15) is 22.0 Å². The van der Waals surface area contributed by atoms with Crippen LogP contribution in [0.4, 0.5) is 0 Å². The SMILES string of the molecule is Cc1nc(CN2CC[C@@H](N)C2)sc1C. The van der Waals surface area contributed by atoms with E-state index in [4.69, 9.17) is 5.73 Å². The molecule has 0 spiro atoms. The average molecular weight is 211 g/mol. The van der Waals surface area contributed by atoms with Gasteiger partial charge in [0, 0.05) is 24.0 Å². The quantitative estimate of drug-likeness (QED) is 0.801. The zero-order chi connectivity index (χ0) is 10.1. The van der Waals surface area contributed by atoms with Crippen LogP contribution in [0.5, 0.6) is 0 Å². The molecule has 0 saturated carbocycles. The van der Waals surface area contributed by atoms with Gasteiger partial charge in [0.15, 0.2) is 0 Å². The highest BCUT2D eigenvalue weighted by atomic mass is 32.1. The van der Waals surface area contributed by atoms with Crippen LogP contribution < -0.4 is 5.73 Å². The summed E-state index contributed by atoms with van der Waals surface area (Å²) in [6.45, 7) is 7.33. The van der Waals surface area contributed by atoms with Crippen molar-refractivity contribution in [3.63, 3.8) is 0 Å². The van der Waals surface area contributed by atoms with E-state index in [1.165, 1.54) is 15.6 Å². The normalized spacial score (nSPS) is 23.2. The average Bonchev–Trinajstić information content (AvgIpc) is 2.62. The van der Waals surface area contributed by atoms with Gasteiger partial charge in [0.1, 0.15) is 5.01 Å². The maximum Gasteiger partial charge on any atom is 0.107 e. The highest BCUT2D eigenvalue weighted by Crippen LogP contribution is 2.19. The van der Waals surface area contributed by atoms with Crippen molar-refractivity contribution in [2.24, 2.45) is 5.73 Å². The predicted octanol–water partition coefficient (Wildman–Crippen LogP) is 1.29. The number of aromatic nitrogens is 1. The minimum Gasteiger partial charge on any atom is -0.326 e. The lowest BCUT2D eigenvalue weighted by molar-refractivity contribution is 0.326. The predicted molar refractivity (Wildman–Crippen MR) is 59.5 cm³/mol. The van der Waals surface area contributed by atoms with Gasteiger partial charge in [-0.05, 0) is 20.3 Å². The van der Waals surface area contributed by atoms with Crippen molar-refractivity contribution >= 4 is 11.3 Å². The second kappa shape index (κ2) is 3.96. The van der Waals surface area contributed by atoms with Crippen molar-refractivity contribution in [1.82, 2.24) is 9.88 Å². The molecule has 2 heterocycles. The molecule has 0 aromatic carbocycles. The van der Waals surface area contributed by atoms with Crippen LogP contribution in [0.3, 0.4) is 0 Å². The Morgan fingerprint density at radius 2 is 2.36 bits per heavy atom. The molecule has 1 aliphatic rings. The smallest absolute Gasteiger partial charge is 0.107 e. The molecule has 0 unspecified atom stereocenters. The molecule has 14 heavy (non-hydrogen) atoms. The van der Waals surface area contributed by atoms with Crippen molar-refractivity contribution < 1.29 is 0 Å². The van der Waals surface area contributed by atoms with Crippen LogP contribution in [-0.4, -0.2) is 29.0 Å². The van der Waals surface area contributed by atoms with E-state index in [9.17, 15) is 0 Å². The lowest BCUT2D eigenvalue weighted by Crippen LogP contribution is -2.26. The van der Waals surface area contributed by atoms with E-state index >= 15 is 0 Å². The van der Waals surface area contributed by atoms with Crippen molar-refractivity contribution in [1.29, 1.82) is 0 Å². The first kappa shape index (κ1) is 10.1. The molecule has 1 aliphatic heterocycles. The van der Waals surface area contributed by atoms with Gasteiger partial charge in [0.25, 0.3) is 0 Å². The molecule has 1 fully saturated rings. The Morgan fingerprint density at radius 1 is 1.57 bits per heavy atom. The molecule has 0 radical (unpaired) electrons. The van der Waals surface area contributed by atoms with Crippen molar-refractivity contribution in [2.75, 3.05) is 13.1 Å². The molecule has 78 valence electrons. The number of rotatable bonds is 2. The maximum absolute atomic E-state index is 5.86. The van der Waals surface area contributed by atoms with Gasteiger partial charge in [0.05, 0.1) is 12.2 Å². The molecule has 4 heteroatoms. The summed E-state index contributed by atoms with van der Waals surface area (Å²) in [4.78, 5) is 8.26. The Balaban J connectivity index is 1.97. The van der Waals surface area contributed by atoms with Gasteiger partial charge in [0.2, 0.25) is 0 Å². The van der Waals surface area contributed by atoms with E-state index in [-0.39, 0.29) is 0 Å². The minimum atomic E-state index is 0.372. The standard InChI is InChI=1S/C10H17N3S/c1-7-8(2)14-10(12-7)6-13-4-3-9(11)5-13/h9H,3-6,11H2,1-2H3/t9-/m1/s1. The molecular weight excluding hydrogens is 194 g/mol. The van der Waals surface area contributed by atoms with E-state index < -0.39 is 0 Å². The summed E-state index contributed by atoms with van der Waals surface area (Å²) in [5.74, 6) is 0. The van der Waals surface area contributed by atoms with Crippen LogP contribution in [0.25, 0.3) is 0 Å². The fraction of sp³-hybridized carbons (Fsp3) is 0.700. The number of nitrogens with zero attached hydrogens (tertiary/aromatic N) is 2. The van der Waals surface area contributed by atoms with Gasteiger partial charge in [-0.15, -0.1) is 11.3 Å². The first-order valence-electron chi connectivity index (χ1n) is 5.06. The third-order valence-electron chi connectivity index (χ3n) is 2.74. The third-order valence-corrected chi connectivity index (χ3v) is 3.80. The summed E-state index contributed by atoms with van der Waals surface area (Å²) < 4.78 is 0. The van der Waals surface area contributed by atoms with E-state index in [0.717, 1.165) is 26.1 Å². The minimum absolute atomic E-state index is 0.372. The highest BCUT2D eigenvalue weighted by Gasteiger charge is 2.20. The lowest BCUT2D eigenvalue weighted by Gasteiger charge is -2.12. The van der Waals surface area contributed by atoms with Crippen molar-refractivity contribution in [2.45, 2.75) is 32.9 Å². The van der Waals surface area contributed by atoms with Gasteiger partial charge in [-0.1, -0.05) is 0 Å². The van der Waals surface area contributed by atoms with Gasteiger partial charge in [-0.2, -0.15) is 0 Å². The van der Waals surface area contributed by atoms with Gasteiger partial charge < -0.3 is 5.73 Å². The summed E-state index contributed by atoms with van der Waals surface area (Å²) in [7, 11) is 0. The van der Waals surface area contributed by atoms with Crippen LogP contribution in [-0.2, 0) is 6.54 Å². The molecule has 1 aromatic rings. The molecule has 0 bridgehead atoms. The van der Waals surface area contributed by atoms with E-state index in [1.54, 1.807) is 0 Å². The summed E-state index contributed by atoms with van der Waals surface area (Å²) in [6, 6.07) is 0.372. The van der Waals surface area contributed by atoms with Crippen LogP contribution in [0.2, 0.25) is 0 Å².